The first-order valence-electron chi connectivity index (χ1n) is 9.94. The summed E-state index contributed by atoms with van der Waals surface area (Å²) < 4.78 is 27.6. The highest BCUT2D eigenvalue weighted by atomic mass is 127. The van der Waals surface area contributed by atoms with Crippen LogP contribution in [-0.4, -0.2) is 88.7 Å². The highest BCUT2D eigenvalue weighted by Crippen LogP contribution is 2.10. The van der Waals surface area contributed by atoms with Gasteiger partial charge in [-0.2, -0.15) is 0 Å². The molecule has 1 saturated heterocycles. The third kappa shape index (κ3) is 10.6. The van der Waals surface area contributed by atoms with E-state index < -0.39 is 9.84 Å². The van der Waals surface area contributed by atoms with Crippen molar-refractivity contribution in [1.82, 2.24) is 15.1 Å². The summed E-state index contributed by atoms with van der Waals surface area (Å²) in [7, 11) is -2.97. The van der Waals surface area contributed by atoms with E-state index in [2.05, 4.69) is 58.2 Å². The van der Waals surface area contributed by atoms with Crippen LogP contribution in [0.4, 0.5) is 0 Å². The SMILES string of the molecule is CCNC(=NCCOCCS(C)(=O)=O)N1CCN(Cc2cccc(C)c2)CC1.I. The zero-order valence-electron chi connectivity index (χ0n) is 17.8. The minimum absolute atomic E-state index is 0. The molecule has 1 fully saturated rings. The maximum atomic E-state index is 11.1. The molecular weight excluding hydrogens is 503 g/mol. The molecule has 1 N–H and O–H groups in total. The van der Waals surface area contributed by atoms with Crippen LogP contribution in [-0.2, 0) is 21.1 Å². The molecule has 0 radical (unpaired) electrons. The smallest absolute Gasteiger partial charge is 0.194 e. The Kier molecular flexibility index (Phi) is 12.1. The molecular formula is C20H35IN4O3S. The lowest BCUT2D eigenvalue weighted by Gasteiger charge is -2.36. The molecule has 0 saturated carbocycles. The van der Waals surface area contributed by atoms with Crippen LogP contribution in [0.25, 0.3) is 0 Å². The molecule has 2 rings (SSSR count). The summed E-state index contributed by atoms with van der Waals surface area (Å²) in [4.78, 5) is 9.39. The molecule has 1 aliphatic rings. The van der Waals surface area contributed by atoms with Gasteiger partial charge in [0.1, 0.15) is 9.84 Å². The van der Waals surface area contributed by atoms with E-state index in [4.69, 9.17) is 4.74 Å². The lowest BCUT2D eigenvalue weighted by Crippen LogP contribution is -2.52. The summed E-state index contributed by atoms with van der Waals surface area (Å²) in [5, 5.41) is 3.35. The van der Waals surface area contributed by atoms with Crippen molar-refractivity contribution in [2.75, 3.05) is 64.5 Å². The summed E-state index contributed by atoms with van der Waals surface area (Å²) in [5.74, 6) is 0.962. The zero-order chi connectivity index (χ0) is 20.4. The molecule has 0 aromatic heterocycles. The highest BCUT2D eigenvalue weighted by molar-refractivity contribution is 14.0. The monoisotopic (exact) mass is 538 g/mol. The van der Waals surface area contributed by atoms with E-state index in [-0.39, 0.29) is 36.3 Å². The fourth-order valence-corrected chi connectivity index (χ4v) is 3.56. The molecule has 0 spiro atoms. The van der Waals surface area contributed by atoms with Crippen LogP contribution in [0.3, 0.4) is 0 Å². The Balaban J connectivity index is 0.00000420. The summed E-state index contributed by atoms with van der Waals surface area (Å²) in [6.45, 7) is 11.0. The second-order valence-corrected chi connectivity index (χ2v) is 9.49. The molecule has 1 aromatic carbocycles. The number of hydrogen-bond donors (Lipinski definition) is 1. The minimum Gasteiger partial charge on any atom is -0.378 e. The third-order valence-electron chi connectivity index (χ3n) is 4.59. The van der Waals surface area contributed by atoms with Gasteiger partial charge in [-0.25, -0.2) is 8.42 Å². The number of sulfone groups is 1. The molecule has 7 nitrogen and oxygen atoms in total. The lowest BCUT2D eigenvalue weighted by molar-refractivity contribution is 0.155. The summed E-state index contributed by atoms with van der Waals surface area (Å²) in [5.41, 5.74) is 2.66. The molecule has 0 bridgehead atoms. The zero-order valence-corrected chi connectivity index (χ0v) is 20.9. The van der Waals surface area contributed by atoms with Crippen molar-refractivity contribution in [3.8, 4) is 0 Å². The molecule has 1 aliphatic heterocycles. The van der Waals surface area contributed by atoms with Gasteiger partial charge in [-0.3, -0.25) is 9.89 Å². The van der Waals surface area contributed by atoms with Crippen LogP contribution in [0.15, 0.2) is 29.3 Å². The molecule has 0 atom stereocenters. The van der Waals surface area contributed by atoms with Gasteiger partial charge in [0, 0.05) is 45.5 Å². The molecule has 166 valence electrons. The fourth-order valence-electron chi connectivity index (χ4n) is 3.14. The number of nitrogens with zero attached hydrogens (tertiary/aromatic N) is 3. The van der Waals surface area contributed by atoms with Gasteiger partial charge >= 0.3 is 0 Å². The minimum atomic E-state index is -2.97. The molecule has 0 amide bonds. The number of aryl methyl sites for hydroxylation is 1. The highest BCUT2D eigenvalue weighted by Gasteiger charge is 2.19. The quantitative estimate of drug-likeness (QED) is 0.224. The maximum absolute atomic E-state index is 11.1. The van der Waals surface area contributed by atoms with E-state index in [1.807, 2.05) is 0 Å². The number of nitrogens with one attached hydrogen (secondary N) is 1. The van der Waals surface area contributed by atoms with Crippen LogP contribution < -0.4 is 5.32 Å². The van der Waals surface area contributed by atoms with Crippen molar-refractivity contribution in [1.29, 1.82) is 0 Å². The Bertz CT molecular complexity index is 735. The van der Waals surface area contributed by atoms with Crippen molar-refractivity contribution in [2.45, 2.75) is 20.4 Å². The molecule has 0 unspecified atom stereocenters. The lowest BCUT2D eigenvalue weighted by atomic mass is 10.1. The number of piperazine rings is 1. The molecule has 9 heteroatoms. The van der Waals surface area contributed by atoms with Crippen molar-refractivity contribution in [3.05, 3.63) is 35.4 Å². The predicted octanol–water partition coefficient (Wildman–Crippen LogP) is 1.76. The average molecular weight is 538 g/mol. The number of ether oxygens (including phenoxy) is 1. The van der Waals surface area contributed by atoms with Crippen LogP contribution >= 0.6 is 24.0 Å². The number of rotatable bonds is 9. The van der Waals surface area contributed by atoms with Crippen molar-refractivity contribution < 1.29 is 13.2 Å². The Morgan fingerprint density at radius 3 is 2.55 bits per heavy atom. The van der Waals surface area contributed by atoms with Crippen LogP contribution in [0.1, 0.15) is 18.1 Å². The summed E-state index contributed by atoms with van der Waals surface area (Å²) in [6, 6.07) is 8.69. The second-order valence-electron chi connectivity index (χ2n) is 7.23. The molecule has 0 aliphatic carbocycles. The number of halogens is 1. The van der Waals surface area contributed by atoms with Gasteiger partial charge in [-0.1, -0.05) is 29.8 Å². The van der Waals surface area contributed by atoms with Gasteiger partial charge in [0.05, 0.1) is 25.5 Å². The first kappa shape index (κ1) is 26.1. The largest absolute Gasteiger partial charge is 0.378 e. The van der Waals surface area contributed by atoms with Crippen molar-refractivity contribution in [2.24, 2.45) is 4.99 Å². The van der Waals surface area contributed by atoms with E-state index >= 15 is 0 Å². The van der Waals surface area contributed by atoms with Crippen molar-refractivity contribution >= 4 is 39.8 Å². The average Bonchev–Trinajstić information content (AvgIpc) is 2.63. The van der Waals surface area contributed by atoms with Crippen LogP contribution in [0.2, 0.25) is 0 Å². The van der Waals surface area contributed by atoms with Gasteiger partial charge in [0.2, 0.25) is 0 Å². The Morgan fingerprint density at radius 1 is 1.21 bits per heavy atom. The van der Waals surface area contributed by atoms with E-state index in [1.165, 1.54) is 17.4 Å². The van der Waals surface area contributed by atoms with Gasteiger partial charge in [0.25, 0.3) is 0 Å². The molecule has 1 aromatic rings. The standard InChI is InChI=1S/C20H34N4O3S.HI/c1-4-21-20(22-8-13-27-14-15-28(3,25)26)24-11-9-23(10-12-24)17-19-7-5-6-18(2)16-19;/h5-7,16H,4,8-15,17H2,1-3H3,(H,21,22);1H. The summed E-state index contributed by atoms with van der Waals surface area (Å²) >= 11 is 0. The van der Waals surface area contributed by atoms with Gasteiger partial charge in [-0.15, -0.1) is 24.0 Å². The first-order chi connectivity index (χ1) is 13.4. The van der Waals surface area contributed by atoms with Crippen LogP contribution in [0, 0.1) is 6.92 Å². The summed E-state index contributed by atoms with van der Waals surface area (Å²) in [6.07, 6.45) is 1.22. The normalized spacial score (nSPS) is 15.8. The van der Waals surface area contributed by atoms with E-state index in [0.717, 1.165) is 45.2 Å². The van der Waals surface area contributed by atoms with Crippen LogP contribution in [0.5, 0.6) is 0 Å². The van der Waals surface area contributed by atoms with Gasteiger partial charge in [-0.05, 0) is 19.4 Å². The fraction of sp³-hybridized carbons (Fsp3) is 0.650. The second kappa shape index (κ2) is 13.4. The maximum Gasteiger partial charge on any atom is 0.194 e. The van der Waals surface area contributed by atoms with E-state index in [0.29, 0.717) is 13.2 Å². The molecule has 1 heterocycles. The Morgan fingerprint density at radius 2 is 1.93 bits per heavy atom. The topological polar surface area (TPSA) is 74.2 Å². The Hall–Kier alpha value is -0.910. The predicted molar refractivity (Wildman–Crippen MR) is 130 cm³/mol. The number of guanidine groups is 1. The number of aliphatic imine (C=N–C) groups is 1. The van der Waals surface area contributed by atoms with Crippen molar-refractivity contribution in [3.63, 3.8) is 0 Å². The molecule has 29 heavy (non-hydrogen) atoms. The van der Waals surface area contributed by atoms with E-state index in [1.54, 1.807) is 0 Å². The number of hydrogen-bond acceptors (Lipinski definition) is 5. The number of benzene rings is 1. The first-order valence-corrected chi connectivity index (χ1v) is 12.0. The van der Waals surface area contributed by atoms with Gasteiger partial charge < -0.3 is 15.0 Å². The van der Waals surface area contributed by atoms with E-state index in [9.17, 15) is 8.42 Å². The third-order valence-corrected chi connectivity index (χ3v) is 5.50. The van der Waals surface area contributed by atoms with Gasteiger partial charge in [0.15, 0.2) is 5.96 Å². The Labute approximate surface area is 192 Å².